The molecule has 4 aromatic carbocycles. The maximum atomic E-state index is 15.1. The summed E-state index contributed by atoms with van der Waals surface area (Å²) < 4.78 is 0. The van der Waals surface area contributed by atoms with E-state index in [1.165, 1.54) is 55.4 Å². The van der Waals surface area contributed by atoms with Crippen molar-refractivity contribution in [3.8, 4) is 5.75 Å². The molecule has 0 bridgehead atoms. The number of aliphatic hydroxyl groups is 1. The number of hydrogen-bond acceptors (Lipinski definition) is 16. The third-order valence-corrected chi connectivity index (χ3v) is 17.8. The zero-order valence-corrected chi connectivity index (χ0v) is 62.1. The number of carbonyl (C=O) groups excluding carboxylic acids is 11. The number of guanidine groups is 2. The number of unbranched alkanes of at least 4 members (excludes halogenated alkanes) is 1. The van der Waals surface area contributed by atoms with Crippen LogP contribution in [0.2, 0.25) is 5.02 Å². The number of phenols is 1. The smallest absolute Gasteiger partial charge is 0.245 e. The van der Waals surface area contributed by atoms with E-state index in [0.29, 0.717) is 59.2 Å². The van der Waals surface area contributed by atoms with Crippen molar-refractivity contribution in [2.45, 2.75) is 179 Å². The number of aliphatic imine (C=N–C) groups is 2. The van der Waals surface area contributed by atoms with Gasteiger partial charge in [0.2, 0.25) is 65.0 Å². The molecule has 10 atom stereocenters. The van der Waals surface area contributed by atoms with Gasteiger partial charge in [-0.2, -0.15) is 0 Å². The lowest BCUT2D eigenvalue weighted by atomic mass is 9.99. The van der Waals surface area contributed by atoms with Crippen LogP contribution in [0, 0.1) is 5.92 Å². The minimum Gasteiger partial charge on any atom is -0.508 e. The van der Waals surface area contributed by atoms with E-state index >= 15 is 9.59 Å². The highest BCUT2D eigenvalue weighted by atomic mass is 35.5. The Balaban J connectivity index is 1.28. The van der Waals surface area contributed by atoms with Crippen LogP contribution >= 0.6 is 11.6 Å². The average molecular weight is 1500 g/mol. The van der Waals surface area contributed by atoms with E-state index in [4.69, 9.17) is 28.8 Å². The molecule has 6 rings (SSSR count). The largest absolute Gasteiger partial charge is 0.508 e. The second-order valence-corrected chi connectivity index (χ2v) is 27.1. The van der Waals surface area contributed by atoms with E-state index in [1.54, 1.807) is 50.2 Å². The second-order valence-electron chi connectivity index (χ2n) is 26.7. The molecule has 107 heavy (non-hydrogen) atoms. The number of primary amides is 1. The molecule has 1 saturated heterocycles. The summed E-state index contributed by atoms with van der Waals surface area (Å²) >= 11 is 6.25. The number of aliphatic hydroxyl groups excluding tert-OH is 1. The van der Waals surface area contributed by atoms with Crippen LogP contribution in [-0.4, -0.2) is 197 Å². The number of benzene rings is 4. The fourth-order valence-electron chi connectivity index (χ4n) is 12.0. The van der Waals surface area contributed by atoms with E-state index in [2.05, 4.69) is 73.5 Å². The molecule has 5 aromatic rings. The molecule has 11 amide bonds. The molecule has 0 saturated carbocycles. The molecular formula is C75H103ClN18O13. The maximum absolute atomic E-state index is 15.1. The van der Waals surface area contributed by atoms with Crippen LogP contribution in [-0.2, 0) is 78.4 Å². The molecule has 1 aliphatic heterocycles. The molecule has 2 heterocycles. The summed E-state index contributed by atoms with van der Waals surface area (Å²) in [6, 6.07) is 15.0. The van der Waals surface area contributed by atoms with Crippen LogP contribution in [0.1, 0.15) is 115 Å². The highest BCUT2D eigenvalue weighted by molar-refractivity contribution is 6.30. The van der Waals surface area contributed by atoms with Crippen molar-refractivity contribution in [2.75, 3.05) is 39.3 Å². The number of halogens is 1. The van der Waals surface area contributed by atoms with E-state index in [0.717, 1.165) is 10.8 Å². The Hall–Kier alpha value is -10.9. The first-order valence-electron chi connectivity index (χ1n) is 36.0. The Morgan fingerprint density at radius 2 is 1.01 bits per heavy atom. The lowest BCUT2D eigenvalue weighted by Crippen LogP contribution is -2.61. The number of nitrogens with one attached hydrogen (secondary N) is 11. The van der Waals surface area contributed by atoms with Gasteiger partial charge in [0.1, 0.15) is 66.2 Å². The zero-order valence-electron chi connectivity index (χ0n) is 61.3. The molecule has 0 unspecified atom stereocenters. The summed E-state index contributed by atoms with van der Waals surface area (Å²) in [7, 11) is 0. The SMILES string of the molecule is CCNC(=NCCCC[C@@H](NC(=O)[C@H](Cc1ccc(O)cc1)NC(=O)[C@H](CO)NC(=O)[C@@H](Cc1ccncc1)NC(=O)[C@@H](Cc1ccc(Cl)cc1)NC(=O)[C@@H](Cc1ccc2ccccc2c1)NC(C)=O)C(=O)N[C@@H](CC(C)C)C(=O)N[C@@H](CCCN=C(N)N)C(=O)N1CCC[C@H]1C(=O)N[C@H](C)C(N)=O)NCC. The monoisotopic (exact) mass is 1500 g/mol. The summed E-state index contributed by atoms with van der Waals surface area (Å²) in [6.45, 7) is 10.7. The Morgan fingerprint density at radius 1 is 0.542 bits per heavy atom. The van der Waals surface area contributed by atoms with Crippen LogP contribution in [0.5, 0.6) is 5.75 Å². The molecule has 1 aliphatic rings. The first-order chi connectivity index (χ1) is 51.1. The van der Waals surface area contributed by atoms with E-state index in [9.17, 15) is 53.4 Å². The highest BCUT2D eigenvalue weighted by Gasteiger charge is 2.40. The number of rotatable bonds is 41. The Kier molecular flexibility index (Phi) is 34.5. The zero-order chi connectivity index (χ0) is 78.1. The lowest BCUT2D eigenvalue weighted by molar-refractivity contribution is -0.142. The third kappa shape index (κ3) is 28.5. The van der Waals surface area contributed by atoms with Gasteiger partial charge in [0.25, 0.3) is 0 Å². The van der Waals surface area contributed by atoms with Crippen LogP contribution in [0.25, 0.3) is 10.8 Å². The summed E-state index contributed by atoms with van der Waals surface area (Å²) in [5.74, 6) is -8.78. The first-order valence-corrected chi connectivity index (χ1v) is 36.4. The standard InChI is InChI=1S/C75H103ClN18O13/c1-7-81-75(82-8-2)84-32-12-11-17-55(65(99)89-57(37-44(3)4)66(100)88-56(18-13-33-83-74(78)79)73(107)94-36-14-19-63(94)72(106)85-45(5)64(77)98)87-68(102)59(40-48-23-28-54(97)29-24-48)92-71(105)62(43-95)93-70(104)61(41-49-30-34-80-35-31-49)91-69(103)60(39-47-21-26-53(76)27-22-47)90-67(101)58(86-46(6)96)42-50-20-25-51-15-9-10-16-52(51)38-50/h9-10,15-16,20-31,34-35,38,44-45,55-63,95,97H,7-8,11-14,17-19,32-33,36-37,39-43H2,1-6H3,(H2,77,98)(H,85,106)(H,86,96)(H,87,102)(H,88,100)(H,89,99)(H,90,101)(H,91,103)(H,92,105)(H,93,104)(H4,78,79,83)(H2,81,82,84)/t45-,55-,56+,57+,58-,59+,60-,61-,62+,63+/m1/s1. The molecule has 1 aromatic heterocycles. The fourth-order valence-corrected chi connectivity index (χ4v) is 12.2. The van der Waals surface area contributed by atoms with Crippen molar-refractivity contribution < 1.29 is 63.0 Å². The van der Waals surface area contributed by atoms with Gasteiger partial charge in [0.05, 0.1) is 6.61 Å². The maximum Gasteiger partial charge on any atom is 0.245 e. The number of likely N-dealkylation sites (tertiary alicyclic amines) is 1. The molecular weight excluding hydrogens is 1400 g/mol. The van der Waals surface area contributed by atoms with Gasteiger partial charge in [-0.15, -0.1) is 0 Å². The number of aromatic nitrogens is 1. The average Bonchev–Trinajstić information content (AvgIpc) is 1.77. The van der Waals surface area contributed by atoms with Crippen molar-refractivity contribution in [3.05, 3.63) is 143 Å². The summed E-state index contributed by atoms with van der Waals surface area (Å²) in [6.07, 6.45) is 3.80. The molecule has 0 spiro atoms. The first kappa shape index (κ1) is 85.0. The van der Waals surface area contributed by atoms with Gasteiger partial charge in [0.15, 0.2) is 11.9 Å². The van der Waals surface area contributed by atoms with Crippen LogP contribution in [0.3, 0.4) is 0 Å². The van der Waals surface area contributed by atoms with Crippen molar-refractivity contribution in [2.24, 2.45) is 33.1 Å². The summed E-state index contributed by atoms with van der Waals surface area (Å²) in [5.41, 5.74) is 18.8. The quantitative estimate of drug-likeness (QED) is 0.0145. The van der Waals surface area contributed by atoms with Crippen molar-refractivity contribution in [1.29, 1.82) is 0 Å². The highest BCUT2D eigenvalue weighted by Crippen LogP contribution is 2.23. The van der Waals surface area contributed by atoms with Crippen LogP contribution < -0.4 is 75.7 Å². The second kappa shape index (κ2) is 43.5. The lowest BCUT2D eigenvalue weighted by Gasteiger charge is -2.31. The van der Waals surface area contributed by atoms with Gasteiger partial charge in [-0.3, -0.25) is 67.7 Å². The minimum absolute atomic E-state index is 0.0143. The number of nitrogens with zero attached hydrogens (tertiary/aromatic N) is 4. The molecule has 0 radical (unpaired) electrons. The Bertz CT molecular complexity index is 3880. The number of aromatic hydroxyl groups is 1. The molecule has 578 valence electrons. The number of phenolic OH excluding ortho intramolecular Hbond substituents is 1. The predicted molar refractivity (Wildman–Crippen MR) is 405 cm³/mol. The molecule has 0 aliphatic carbocycles. The Labute approximate surface area is 627 Å². The summed E-state index contributed by atoms with van der Waals surface area (Å²) in [4.78, 5) is 170. The summed E-state index contributed by atoms with van der Waals surface area (Å²) in [5, 5.41) is 54.2. The molecule has 19 N–H and O–H groups in total. The van der Waals surface area contributed by atoms with Crippen molar-refractivity contribution in [1.82, 2.24) is 68.4 Å². The van der Waals surface area contributed by atoms with E-state index in [1.807, 2.05) is 56.3 Å². The molecule has 1 fully saturated rings. The van der Waals surface area contributed by atoms with Gasteiger partial charge >= 0.3 is 0 Å². The van der Waals surface area contributed by atoms with E-state index < -0.39 is 132 Å². The van der Waals surface area contributed by atoms with Crippen LogP contribution in [0.15, 0.2) is 126 Å². The number of fused-ring (bicyclic) bond motifs is 1. The van der Waals surface area contributed by atoms with Gasteiger partial charge in [0, 0.05) is 82.7 Å². The van der Waals surface area contributed by atoms with E-state index in [-0.39, 0.29) is 101 Å². The van der Waals surface area contributed by atoms with Gasteiger partial charge < -0.3 is 90.8 Å². The number of pyridine rings is 1. The molecule has 31 nitrogen and oxygen atoms in total. The third-order valence-electron chi connectivity index (χ3n) is 17.6. The Morgan fingerprint density at radius 3 is 1.56 bits per heavy atom. The van der Waals surface area contributed by atoms with Crippen LogP contribution in [0.4, 0.5) is 0 Å². The number of amides is 11. The molecule has 32 heteroatoms. The number of hydrogen-bond donors (Lipinski definition) is 16. The van der Waals surface area contributed by atoms with Gasteiger partial charge in [-0.05, 0) is 147 Å². The predicted octanol–water partition coefficient (Wildman–Crippen LogP) is 0.581. The number of carbonyl (C=O) groups is 11. The van der Waals surface area contributed by atoms with Crippen molar-refractivity contribution in [3.63, 3.8) is 0 Å². The van der Waals surface area contributed by atoms with Crippen molar-refractivity contribution >= 4 is 99.3 Å². The number of nitrogens with two attached hydrogens (primary N) is 3. The fraction of sp³-hybridized carbons (Fsp3) is 0.467. The minimum atomic E-state index is -1.82. The van der Waals surface area contributed by atoms with Gasteiger partial charge in [-0.1, -0.05) is 92.2 Å². The topological polar surface area (TPSA) is 479 Å². The van der Waals surface area contributed by atoms with Gasteiger partial charge in [-0.25, -0.2) is 0 Å². The normalized spacial score (nSPS) is 15.0.